The molecular weight excluding hydrogens is 382 g/mol. The van der Waals surface area contributed by atoms with Crippen LogP contribution in [0.3, 0.4) is 0 Å². The van der Waals surface area contributed by atoms with Crippen LogP contribution in [0.4, 0.5) is 10.5 Å². The molecule has 3 aromatic rings. The number of urea groups is 1. The smallest absolute Gasteiger partial charge is 0.322 e. The Morgan fingerprint density at radius 1 is 1.23 bits per heavy atom. The molecule has 2 aliphatic rings. The molecule has 1 N–H and O–H groups in total. The molecule has 8 heteroatoms. The predicted octanol–water partition coefficient (Wildman–Crippen LogP) is 2.77. The zero-order valence-corrected chi connectivity index (χ0v) is 16.6. The molecule has 1 aromatic carbocycles. The number of oxazole rings is 1. The van der Waals surface area contributed by atoms with E-state index in [0.29, 0.717) is 44.1 Å². The van der Waals surface area contributed by atoms with E-state index in [1.54, 1.807) is 22.2 Å². The Kier molecular flexibility index (Phi) is 4.46. The highest BCUT2D eigenvalue weighted by Crippen LogP contribution is 2.28. The first-order valence-corrected chi connectivity index (χ1v) is 9.94. The summed E-state index contributed by atoms with van der Waals surface area (Å²) in [5.74, 6) is 1.27. The third-order valence-electron chi connectivity index (χ3n) is 5.53. The van der Waals surface area contributed by atoms with Crippen molar-refractivity contribution >= 4 is 17.6 Å². The van der Waals surface area contributed by atoms with Crippen LogP contribution in [-0.4, -0.2) is 46.4 Å². The van der Waals surface area contributed by atoms with Gasteiger partial charge in [-0.2, -0.15) is 0 Å². The molecule has 0 unspecified atom stereocenters. The molecule has 5 rings (SSSR count). The fraction of sp³-hybridized carbons (Fsp3) is 0.273. The van der Waals surface area contributed by atoms with Crippen LogP contribution < -0.4 is 10.2 Å². The van der Waals surface area contributed by atoms with Crippen molar-refractivity contribution in [2.24, 2.45) is 0 Å². The molecule has 2 aromatic heterocycles. The summed E-state index contributed by atoms with van der Waals surface area (Å²) in [6, 6.07) is 9.12. The second-order valence-electron chi connectivity index (χ2n) is 7.49. The van der Waals surface area contributed by atoms with E-state index in [0.717, 1.165) is 28.3 Å². The number of aryl methyl sites for hydroxylation is 1. The quantitative estimate of drug-likeness (QED) is 0.726. The minimum absolute atomic E-state index is 0.0765. The maximum atomic E-state index is 13.2. The van der Waals surface area contributed by atoms with Crippen LogP contribution >= 0.6 is 0 Å². The van der Waals surface area contributed by atoms with Gasteiger partial charge in [-0.05, 0) is 36.8 Å². The molecule has 8 nitrogen and oxygen atoms in total. The van der Waals surface area contributed by atoms with Crippen molar-refractivity contribution in [2.75, 3.05) is 24.5 Å². The number of carbonyl (C=O) groups is 2. The van der Waals surface area contributed by atoms with Gasteiger partial charge in [0.15, 0.2) is 0 Å². The molecule has 1 saturated heterocycles. The minimum atomic E-state index is -0.129. The number of anilines is 1. The van der Waals surface area contributed by atoms with Crippen molar-refractivity contribution in [1.82, 2.24) is 20.2 Å². The molecule has 0 spiro atoms. The Balaban J connectivity index is 1.38. The molecule has 152 valence electrons. The van der Waals surface area contributed by atoms with Crippen LogP contribution in [-0.2, 0) is 13.0 Å². The average Bonchev–Trinajstić information content (AvgIpc) is 3.40. The van der Waals surface area contributed by atoms with Crippen molar-refractivity contribution in [3.8, 4) is 11.5 Å². The third-order valence-corrected chi connectivity index (χ3v) is 5.53. The molecule has 0 aliphatic carbocycles. The Morgan fingerprint density at radius 3 is 2.90 bits per heavy atom. The van der Waals surface area contributed by atoms with Gasteiger partial charge >= 0.3 is 6.03 Å². The fourth-order valence-corrected chi connectivity index (χ4v) is 3.90. The van der Waals surface area contributed by atoms with E-state index in [4.69, 9.17) is 4.42 Å². The first-order valence-electron chi connectivity index (χ1n) is 9.94. The summed E-state index contributed by atoms with van der Waals surface area (Å²) in [6.45, 7) is 4.10. The van der Waals surface area contributed by atoms with Gasteiger partial charge in [0, 0.05) is 49.7 Å². The zero-order valence-electron chi connectivity index (χ0n) is 16.6. The number of amides is 3. The second-order valence-corrected chi connectivity index (χ2v) is 7.49. The summed E-state index contributed by atoms with van der Waals surface area (Å²) in [5, 5.41) is 2.80. The van der Waals surface area contributed by atoms with Crippen molar-refractivity contribution in [3.05, 3.63) is 65.3 Å². The monoisotopic (exact) mass is 403 g/mol. The van der Waals surface area contributed by atoms with Crippen LogP contribution in [0.15, 0.2) is 47.1 Å². The predicted molar refractivity (Wildman–Crippen MR) is 110 cm³/mol. The van der Waals surface area contributed by atoms with Gasteiger partial charge in [0.1, 0.15) is 11.5 Å². The average molecular weight is 403 g/mol. The van der Waals surface area contributed by atoms with Crippen LogP contribution in [0.2, 0.25) is 0 Å². The molecule has 0 atom stereocenters. The topological polar surface area (TPSA) is 91.6 Å². The van der Waals surface area contributed by atoms with E-state index >= 15 is 0 Å². The summed E-state index contributed by atoms with van der Waals surface area (Å²) in [5.41, 5.74) is 3.89. The van der Waals surface area contributed by atoms with Crippen molar-refractivity contribution < 1.29 is 14.0 Å². The number of pyridine rings is 1. The number of nitrogens with zero attached hydrogens (tertiary/aromatic N) is 4. The highest BCUT2D eigenvalue weighted by Gasteiger charge is 2.28. The van der Waals surface area contributed by atoms with Gasteiger partial charge in [-0.1, -0.05) is 6.07 Å². The SMILES string of the molecule is Cc1ccc(C(=O)N2CCc3oc(-c4cccnc4)nc3C2)cc1N1CCNC1=O. The lowest BCUT2D eigenvalue weighted by Gasteiger charge is -2.26. The first kappa shape index (κ1) is 18.4. The molecule has 0 saturated carbocycles. The Labute approximate surface area is 173 Å². The van der Waals surface area contributed by atoms with Crippen molar-refractivity contribution in [3.63, 3.8) is 0 Å². The number of hydrogen-bond acceptors (Lipinski definition) is 5. The van der Waals surface area contributed by atoms with E-state index in [1.807, 2.05) is 37.3 Å². The maximum absolute atomic E-state index is 13.2. The summed E-state index contributed by atoms with van der Waals surface area (Å²) in [7, 11) is 0. The number of fused-ring (bicyclic) bond motifs is 1. The van der Waals surface area contributed by atoms with Gasteiger partial charge in [-0.15, -0.1) is 0 Å². The highest BCUT2D eigenvalue weighted by atomic mass is 16.4. The van der Waals surface area contributed by atoms with Crippen LogP contribution in [0.25, 0.3) is 11.5 Å². The number of hydrogen-bond donors (Lipinski definition) is 1. The third kappa shape index (κ3) is 3.20. The van der Waals surface area contributed by atoms with Crippen molar-refractivity contribution in [1.29, 1.82) is 0 Å². The van der Waals surface area contributed by atoms with Gasteiger partial charge in [0.25, 0.3) is 5.91 Å². The standard InChI is InChI=1S/C22H21N5O3/c1-14-4-5-15(11-18(14)27-10-8-24-22(27)29)21(28)26-9-6-19-17(13-26)25-20(30-19)16-3-2-7-23-12-16/h2-5,7,11-12H,6,8-10,13H2,1H3,(H,24,29). The maximum Gasteiger partial charge on any atom is 0.322 e. The van der Waals surface area contributed by atoms with Gasteiger partial charge < -0.3 is 14.6 Å². The van der Waals surface area contributed by atoms with E-state index in [9.17, 15) is 9.59 Å². The van der Waals surface area contributed by atoms with Crippen LogP contribution in [0.5, 0.6) is 0 Å². The molecule has 4 heterocycles. The molecule has 2 aliphatic heterocycles. The summed E-state index contributed by atoms with van der Waals surface area (Å²) in [4.78, 5) is 37.4. The second kappa shape index (κ2) is 7.29. The summed E-state index contributed by atoms with van der Waals surface area (Å²) < 4.78 is 5.90. The Hall–Kier alpha value is -3.68. The number of nitrogens with one attached hydrogen (secondary N) is 1. The van der Waals surface area contributed by atoms with E-state index in [2.05, 4.69) is 15.3 Å². The van der Waals surface area contributed by atoms with Gasteiger partial charge in [0.2, 0.25) is 5.89 Å². The van der Waals surface area contributed by atoms with Crippen LogP contribution in [0, 0.1) is 6.92 Å². The first-order chi connectivity index (χ1) is 14.6. The van der Waals surface area contributed by atoms with Crippen molar-refractivity contribution in [2.45, 2.75) is 19.9 Å². The molecule has 1 fully saturated rings. The number of benzene rings is 1. The van der Waals surface area contributed by atoms with E-state index in [1.165, 1.54) is 0 Å². The highest BCUT2D eigenvalue weighted by molar-refractivity contribution is 5.99. The van der Waals surface area contributed by atoms with Gasteiger partial charge in [0.05, 0.1) is 12.1 Å². The van der Waals surface area contributed by atoms with E-state index < -0.39 is 0 Å². The van der Waals surface area contributed by atoms with Crippen LogP contribution in [0.1, 0.15) is 27.4 Å². The number of rotatable bonds is 3. The lowest BCUT2D eigenvalue weighted by Crippen LogP contribution is -2.36. The fourth-order valence-electron chi connectivity index (χ4n) is 3.90. The summed E-state index contributed by atoms with van der Waals surface area (Å²) >= 11 is 0. The Morgan fingerprint density at radius 2 is 2.13 bits per heavy atom. The molecule has 0 bridgehead atoms. The van der Waals surface area contributed by atoms with Gasteiger partial charge in [-0.3, -0.25) is 14.7 Å². The lowest BCUT2D eigenvalue weighted by molar-refractivity contribution is 0.0728. The zero-order chi connectivity index (χ0) is 20.7. The van der Waals surface area contributed by atoms with E-state index in [-0.39, 0.29) is 11.9 Å². The molecular formula is C22H21N5O3. The minimum Gasteiger partial charge on any atom is -0.441 e. The molecule has 3 amide bonds. The molecule has 30 heavy (non-hydrogen) atoms. The normalized spacial score (nSPS) is 15.8. The molecule has 0 radical (unpaired) electrons. The lowest BCUT2D eigenvalue weighted by atomic mass is 10.1. The largest absolute Gasteiger partial charge is 0.441 e. The Bertz CT molecular complexity index is 1130. The number of aromatic nitrogens is 2. The van der Waals surface area contributed by atoms with Gasteiger partial charge in [-0.25, -0.2) is 9.78 Å². The number of carbonyl (C=O) groups excluding carboxylic acids is 2. The summed E-state index contributed by atoms with van der Waals surface area (Å²) in [6.07, 6.45) is 4.03.